The van der Waals surface area contributed by atoms with Crippen molar-refractivity contribution in [2.24, 2.45) is 10.7 Å². The van der Waals surface area contributed by atoms with Crippen molar-refractivity contribution in [3.05, 3.63) is 29.3 Å². The third-order valence-corrected chi connectivity index (χ3v) is 3.50. The van der Waals surface area contributed by atoms with Crippen molar-refractivity contribution in [3.8, 4) is 0 Å². The van der Waals surface area contributed by atoms with Gasteiger partial charge in [-0.2, -0.15) is 0 Å². The molecule has 1 fully saturated rings. The van der Waals surface area contributed by atoms with E-state index in [1.807, 2.05) is 0 Å². The van der Waals surface area contributed by atoms with Gasteiger partial charge in [-0.25, -0.2) is 18.6 Å². The Morgan fingerprint density at radius 3 is 2.95 bits per heavy atom. The molecule has 1 aromatic rings. The zero-order valence-electron chi connectivity index (χ0n) is 9.81. The Balaban J connectivity index is 2.19. The van der Waals surface area contributed by atoms with E-state index in [1.54, 1.807) is 0 Å². The summed E-state index contributed by atoms with van der Waals surface area (Å²) in [5.41, 5.74) is 6.18. The van der Waals surface area contributed by atoms with Crippen LogP contribution in [0.1, 0.15) is 28.4 Å². The fourth-order valence-electron chi connectivity index (χ4n) is 2.60. The lowest BCUT2D eigenvalue weighted by molar-refractivity contribution is -0.0249. The second-order valence-corrected chi connectivity index (χ2v) is 4.66. The lowest BCUT2D eigenvalue weighted by Crippen LogP contribution is -2.42. The Morgan fingerprint density at radius 1 is 1.53 bits per heavy atom. The highest BCUT2D eigenvalue weighted by molar-refractivity contribution is 5.90. The summed E-state index contributed by atoms with van der Waals surface area (Å²) in [6, 6.07) is 2.78. The Bertz CT molecular complexity index is 601. The molecule has 3 rings (SSSR count). The number of aliphatic imine (C=N–C) groups is 1. The van der Waals surface area contributed by atoms with Crippen molar-refractivity contribution in [1.29, 1.82) is 0 Å². The maximum atomic E-state index is 14.0. The van der Waals surface area contributed by atoms with E-state index in [-0.39, 0.29) is 30.1 Å². The Hall–Kier alpha value is -2.18. The van der Waals surface area contributed by atoms with Crippen molar-refractivity contribution in [3.63, 3.8) is 0 Å². The molecule has 1 unspecified atom stereocenters. The minimum absolute atomic E-state index is 0.0305. The number of halogens is 2. The fourth-order valence-corrected chi connectivity index (χ4v) is 2.60. The molecule has 1 aromatic carbocycles. The van der Waals surface area contributed by atoms with Gasteiger partial charge in [0.1, 0.15) is 6.04 Å². The molecule has 0 aliphatic carbocycles. The minimum Gasteiger partial charge on any atom is -0.478 e. The van der Waals surface area contributed by atoms with Gasteiger partial charge < -0.3 is 15.7 Å². The second-order valence-electron chi connectivity index (χ2n) is 4.66. The van der Waals surface area contributed by atoms with E-state index in [0.717, 1.165) is 0 Å². The molecule has 5 nitrogen and oxygen atoms in total. The van der Waals surface area contributed by atoms with Crippen LogP contribution in [-0.2, 0) is 0 Å². The maximum Gasteiger partial charge on any atom is 0.335 e. The molecule has 0 radical (unpaired) electrons. The van der Waals surface area contributed by atoms with Crippen LogP contribution in [0.2, 0.25) is 0 Å². The molecular formula is C12H11F2N3O2. The summed E-state index contributed by atoms with van der Waals surface area (Å²) in [5.74, 6) is -4.04. The van der Waals surface area contributed by atoms with Crippen LogP contribution >= 0.6 is 0 Å². The molecule has 19 heavy (non-hydrogen) atoms. The van der Waals surface area contributed by atoms with Crippen LogP contribution in [0.5, 0.6) is 0 Å². The van der Waals surface area contributed by atoms with Gasteiger partial charge in [0.2, 0.25) is 0 Å². The molecule has 0 spiro atoms. The number of benzene rings is 1. The molecular weight excluding hydrogens is 256 g/mol. The van der Waals surface area contributed by atoms with Crippen LogP contribution in [0, 0.1) is 0 Å². The minimum atomic E-state index is -2.94. The molecule has 3 N–H and O–H groups in total. The number of aromatic carboxylic acids is 1. The van der Waals surface area contributed by atoms with Gasteiger partial charge in [-0.15, -0.1) is 0 Å². The summed E-state index contributed by atoms with van der Waals surface area (Å²) >= 11 is 0. The van der Waals surface area contributed by atoms with E-state index in [0.29, 0.717) is 5.69 Å². The van der Waals surface area contributed by atoms with Gasteiger partial charge in [0, 0.05) is 18.5 Å². The molecule has 7 heteroatoms. The van der Waals surface area contributed by atoms with Gasteiger partial charge in [-0.05, 0) is 18.2 Å². The summed E-state index contributed by atoms with van der Waals surface area (Å²) in [6.45, 7) is 0.115. The van der Waals surface area contributed by atoms with E-state index >= 15 is 0 Å². The summed E-state index contributed by atoms with van der Waals surface area (Å²) in [7, 11) is 0. The summed E-state index contributed by atoms with van der Waals surface area (Å²) < 4.78 is 27.9. The zero-order valence-corrected chi connectivity index (χ0v) is 9.81. The van der Waals surface area contributed by atoms with Gasteiger partial charge in [0.05, 0.1) is 11.3 Å². The lowest BCUT2D eigenvalue weighted by atomic mass is 9.96. The molecule has 2 heterocycles. The number of carboxylic acid groups (broad SMARTS) is 1. The summed E-state index contributed by atoms with van der Waals surface area (Å²) in [5, 5.41) is 8.95. The first kappa shape index (κ1) is 11.9. The second kappa shape index (κ2) is 3.66. The van der Waals surface area contributed by atoms with Crippen LogP contribution in [0.3, 0.4) is 0 Å². The first-order valence-electron chi connectivity index (χ1n) is 5.76. The number of nitrogens with zero attached hydrogens (tertiary/aromatic N) is 2. The summed E-state index contributed by atoms with van der Waals surface area (Å²) in [6.07, 6.45) is -0.315. The van der Waals surface area contributed by atoms with Crippen LogP contribution in [-0.4, -0.2) is 34.4 Å². The molecule has 2 aliphatic heterocycles. The number of guanidine groups is 1. The number of nitrogens with two attached hydrogens (primary N) is 1. The normalized spacial score (nSPS) is 23.6. The average molecular weight is 267 g/mol. The van der Waals surface area contributed by atoms with Crippen LogP contribution in [0.25, 0.3) is 0 Å². The molecule has 0 aromatic heterocycles. The molecule has 0 saturated carbocycles. The van der Waals surface area contributed by atoms with E-state index in [2.05, 4.69) is 4.99 Å². The molecule has 0 amide bonds. The number of carbonyl (C=O) groups is 1. The average Bonchev–Trinajstić information content (AvgIpc) is 2.66. The smallest absolute Gasteiger partial charge is 0.335 e. The van der Waals surface area contributed by atoms with E-state index < -0.39 is 17.9 Å². The van der Waals surface area contributed by atoms with Crippen LogP contribution < -0.4 is 5.73 Å². The number of rotatable bonds is 1. The van der Waals surface area contributed by atoms with Gasteiger partial charge in [-0.3, -0.25) is 0 Å². The Labute approximate surface area is 107 Å². The van der Waals surface area contributed by atoms with Crippen molar-refractivity contribution in [2.75, 3.05) is 6.54 Å². The number of fused-ring (bicyclic) bond motifs is 3. The first-order chi connectivity index (χ1) is 8.90. The number of hydrogen-bond donors (Lipinski definition) is 2. The lowest BCUT2D eigenvalue weighted by Gasteiger charge is -2.33. The predicted molar refractivity (Wildman–Crippen MR) is 63.7 cm³/mol. The van der Waals surface area contributed by atoms with E-state index in [9.17, 15) is 13.6 Å². The van der Waals surface area contributed by atoms with Crippen molar-refractivity contribution in [1.82, 2.24) is 4.90 Å². The third-order valence-electron chi connectivity index (χ3n) is 3.50. The Kier molecular flexibility index (Phi) is 2.29. The topological polar surface area (TPSA) is 78.9 Å². The van der Waals surface area contributed by atoms with E-state index in [1.165, 1.54) is 23.1 Å². The quantitative estimate of drug-likeness (QED) is 0.812. The van der Waals surface area contributed by atoms with Gasteiger partial charge in [-0.1, -0.05) is 0 Å². The number of alkyl halides is 2. The molecule has 2 aliphatic rings. The molecule has 1 atom stereocenters. The SMILES string of the molecule is NC1=Nc2ccc(C(=O)O)cc2C2N1CCC2(F)F. The van der Waals surface area contributed by atoms with Gasteiger partial charge in [0.25, 0.3) is 5.92 Å². The predicted octanol–water partition coefficient (Wildman–Crippen LogP) is 1.73. The highest BCUT2D eigenvalue weighted by Gasteiger charge is 2.52. The monoisotopic (exact) mass is 267 g/mol. The van der Waals surface area contributed by atoms with Gasteiger partial charge >= 0.3 is 5.97 Å². The molecule has 100 valence electrons. The van der Waals surface area contributed by atoms with Crippen LogP contribution in [0.15, 0.2) is 23.2 Å². The highest BCUT2D eigenvalue weighted by Crippen LogP contribution is 2.49. The molecule has 1 saturated heterocycles. The largest absolute Gasteiger partial charge is 0.478 e. The standard InChI is InChI=1S/C12H11F2N3O2/c13-12(14)3-4-17-9(12)7-5-6(10(18)19)1-2-8(7)16-11(17)15/h1-2,5,9H,3-4H2,(H2,15,16)(H,18,19). The maximum absolute atomic E-state index is 14.0. The van der Waals surface area contributed by atoms with Crippen molar-refractivity contribution in [2.45, 2.75) is 18.4 Å². The van der Waals surface area contributed by atoms with Crippen molar-refractivity contribution < 1.29 is 18.7 Å². The zero-order chi connectivity index (χ0) is 13.8. The van der Waals surface area contributed by atoms with Gasteiger partial charge in [0.15, 0.2) is 5.96 Å². The fraction of sp³-hybridized carbons (Fsp3) is 0.333. The third kappa shape index (κ3) is 1.65. The van der Waals surface area contributed by atoms with Crippen molar-refractivity contribution >= 4 is 17.6 Å². The highest BCUT2D eigenvalue weighted by atomic mass is 19.3. The molecule has 0 bridgehead atoms. The van der Waals surface area contributed by atoms with E-state index in [4.69, 9.17) is 10.8 Å². The van der Waals surface area contributed by atoms with Crippen LogP contribution in [0.4, 0.5) is 14.5 Å². The number of carboxylic acids is 1. The number of hydrogen-bond acceptors (Lipinski definition) is 4. The first-order valence-corrected chi connectivity index (χ1v) is 5.76. The Morgan fingerprint density at radius 2 is 2.26 bits per heavy atom. The summed E-state index contributed by atoms with van der Waals surface area (Å²) in [4.78, 5) is 16.3.